The van der Waals surface area contributed by atoms with Gasteiger partial charge in [-0.1, -0.05) is 30.8 Å². The third-order valence-electron chi connectivity index (χ3n) is 4.78. The van der Waals surface area contributed by atoms with E-state index in [1.165, 1.54) is 18.2 Å². The number of halogens is 3. The fourth-order valence-corrected chi connectivity index (χ4v) is 3.20. The smallest absolute Gasteiger partial charge is 0.363 e. The van der Waals surface area contributed by atoms with E-state index >= 15 is 0 Å². The molecule has 0 radical (unpaired) electrons. The Balaban J connectivity index is 1.65. The number of nitrogens with zero attached hydrogens (tertiary/aromatic N) is 3. The summed E-state index contributed by atoms with van der Waals surface area (Å²) in [6, 6.07) is 12.2. The summed E-state index contributed by atoms with van der Waals surface area (Å²) in [5.74, 6) is 0.792. The van der Waals surface area contributed by atoms with Crippen LogP contribution < -0.4 is 5.32 Å². The number of likely N-dealkylation sites (tertiary alicyclic amines) is 1. The molecule has 1 amide bonds. The maximum Gasteiger partial charge on any atom is 0.416 e. The molecule has 2 aromatic carbocycles. The lowest BCUT2D eigenvalue weighted by molar-refractivity contribution is -0.137. The van der Waals surface area contributed by atoms with E-state index in [1.54, 1.807) is 4.90 Å². The van der Waals surface area contributed by atoms with E-state index in [9.17, 15) is 18.0 Å². The van der Waals surface area contributed by atoms with Crippen LogP contribution in [0.1, 0.15) is 5.56 Å². The molecule has 0 atom stereocenters. The molecular weight excluding hydrogens is 381 g/mol. The number of hydrogen-bond acceptors (Lipinski definition) is 4. The summed E-state index contributed by atoms with van der Waals surface area (Å²) < 4.78 is 38.5. The van der Waals surface area contributed by atoms with Crippen LogP contribution in [-0.2, 0) is 11.0 Å². The molecule has 0 spiro atoms. The zero-order valence-corrected chi connectivity index (χ0v) is 15.3. The van der Waals surface area contributed by atoms with Crippen molar-refractivity contribution in [1.82, 2.24) is 14.9 Å². The molecule has 0 saturated carbocycles. The second-order valence-electron chi connectivity index (χ2n) is 6.78. The van der Waals surface area contributed by atoms with Crippen molar-refractivity contribution in [3.63, 3.8) is 0 Å². The van der Waals surface area contributed by atoms with Gasteiger partial charge < -0.3 is 10.2 Å². The van der Waals surface area contributed by atoms with Crippen molar-refractivity contribution in [1.29, 1.82) is 0 Å². The van der Waals surface area contributed by atoms with Crippen LogP contribution in [0.3, 0.4) is 0 Å². The summed E-state index contributed by atoms with van der Waals surface area (Å²) in [7, 11) is 0. The Hall–Kier alpha value is -3.42. The maximum absolute atomic E-state index is 12.8. The van der Waals surface area contributed by atoms with Crippen molar-refractivity contribution in [2.75, 3.05) is 18.4 Å². The number of alkyl halides is 3. The number of carbonyl (C=O) groups excluding carboxylic acids is 1. The van der Waals surface area contributed by atoms with Crippen LogP contribution in [0.4, 0.5) is 19.0 Å². The van der Waals surface area contributed by atoms with Crippen molar-refractivity contribution in [2.45, 2.75) is 12.2 Å². The number of fused-ring (bicyclic) bond motifs is 1. The first-order valence-electron chi connectivity index (χ1n) is 8.97. The highest BCUT2D eigenvalue weighted by Gasteiger charge is 2.31. The van der Waals surface area contributed by atoms with Crippen LogP contribution in [0.2, 0.25) is 0 Å². The third-order valence-corrected chi connectivity index (χ3v) is 4.78. The van der Waals surface area contributed by atoms with Gasteiger partial charge in [-0.05, 0) is 30.3 Å². The second-order valence-corrected chi connectivity index (χ2v) is 6.78. The summed E-state index contributed by atoms with van der Waals surface area (Å²) in [4.78, 5) is 22.3. The van der Waals surface area contributed by atoms with Gasteiger partial charge in [0.15, 0.2) is 5.82 Å². The molecule has 4 rings (SSSR count). The van der Waals surface area contributed by atoms with E-state index in [0.717, 1.165) is 17.5 Å². The van der Waals surface area contributed by atoms with Crippen LogP contribution in [0.25, 0.3) is 22.3 Å². The molecule has 1 aliphatic heterocycles. The van der Waals surface area contributed by atoms with Crippen LogP contribution in [0, 0.1) is 0 Å². The predicted molar refractivity (Wildman–Crippen MR) is 104 cm³/mol. The van der Waals surface area contributed by atoms with E-state index in [2.05, 4.69) is 21.9 Å². The molecule has 0 unspecified atom stereocenters. The summed E-state index contributed by atoms with van der Waals surface area (Å²) >= 11 is 0. The highest BCUT2D eigenvalue weighted by Crippen LogP contribution is 2.31. The minimum Gasteiger partial charge on any atom is -0.363 e. The average Bonchev–Trinajstić information content (AvgIpc) is 2.69. The number of carbonyl (C=O) groups is 1. The lowest BCUT2D eigenvalue weighted by Gasteiger charge is -2.39. The van der Waals surface area contributed by atoms with Gasteiger partial charge in [0.1, 0.15) is 5.82 Å². The van der Waals surface area contributed by atoms with Crippen molar-refractivity contribution in [3.05, 3.63) is 66.7 Å². The fraction of sp³-hybridized carbons (Fsp3) is 0.190. The van der Waals surface area contributed by atoms with E-state index in [1.807, 2.05) is 24.3 Å². The fourth-order valence-electron chi connectivity index (χ4n) is 3.20. The van der Waals surface area contributed by atoms with E-state index in [-0.39, 0.29) is 11.9 Å². The number of rotatable bonds is 4. The number of para-hydroxylation sites is 1. The SMILES string of the molecule is C=CC(=O)N1CC(Nc2nc(-c3ccc(C(F)(F)F)cc3)nc3ccccc23)C1. The van der Waals surface area contributed by atoms with Gasteiger partial charge in [-0.15, -0.1) is 0 Å². The number of nitrogens with one attached hydrogen (secondary N) is 1. The van der Waals surface area contributed by atoms with E-state index < -0.39 is 11.7 Å². The Bertz CT molecular complexity index is 1070. The first-order valence-corrected chi connectivity index (χ1v) is 8.97. The highest BCUT2D eigenvalue weighted by molar-refractivity contribution is 5.91. The van der Waals surface area contributed by atoms with Gasteiger partial charge in [-0.3, -0.25) is 4.79 Å². The molecule has 1 aliphatic rings. The number of anilines is 1. The predicted octanol–water partition coefficient (Wildman–Crippen LogP) is 4.12. The first-order chi connectivity index (χ1) is 13.8. The lowest BCUT2D eigenvalue weighted by Crippen LogP contribution is -2.56. The third kappa shape index (κ3) is 3.78. The van der Waals surface area contributed by atoms with E-state index in [4.69, 9.17) is 0 Å². The molecule has 8 heteroatoms. The lowest BCUT2D eigenvalue weighted by atomic mass is 10.1. The minimum absolute atomic E-state index is 0.0256. The van der Waals surface area contributed by atoms with Gasteiger partial charge in [0.2, 0.25) is 5.91 Å². The first kappa shape index (κ1) is 18.9. The van der Waals surface area contributed by atoms with Gasteiger partial charge >= 0.3 is 6.18 Å². The van der Waals surface area contributed by atoms with Gasteiger partial charge in [0.25, 0.3) is 0 Å². The zero-order chi connectivity index (χ0) is 20.6. The number of hydrogen-bond donors (Lipinski definition) is 1. The molecule has 0 aliphatic carbocycles. The topological polar surface area (TPSA) is 58.1 Å². The minimum atomic E-state index is -4.39. The van der Waals surface area contributed by atoms with Gasteiger partial charge in [0.05, 0.1) is 17.1 Å². The summed E-state index contributed by atoms with van der Waals surface area (Å²) in [5.41, 5.74) is 0.448. The molecule has 3 aromatic rings. The highest BCUT2D eigenvalue weighted by atomic mass is 19.4. The summed E-state index contributed by atoms with van der Waals surface area (Å²) in [6.07, 6.45) is -3.12. The Morgan fingerprint density at radius 3 is 2.45 bits per heavy atom. The van der Waals surface area contributed by atoms with Crippen molar-refractivity contribution >= 4 is 22.6 Å². The Labute approximate surface area is 164 Å². The molecule has 1 N–H and O–H groups in total. The van der Waals surface area contributed by atoms with E-state index in [0.29, 0.717) is 35.8 Å². The number of amides is 1. The van der Waals surface area contributed by atoms with Crippen LogP contribution in [0.5, 0.6) is 0 Å². The zero-order valence-electron chi connectivity index (χ0n) is 15.3. The summed E-state index contributed by atoms with van der Waals surface area (Å²) in [5, 5.41) is 4.12. The monoisotopic (exact) mass is 398 g/mol. The van der Waals surface area contributed by atoms with Crippen LogP contribution in [-0.4, -0.2) is 39.9 Å². The van der Waals surface area contributed by atoms with Crippen molar-refractivity contribution < 1.29 is 18.0 Å². The molecule has 5 nitrogen and oxygen atoms in total. The normalized spacial score (nSPS) is 14.5. The van der Waals surface area contributed by atoms with Gasteiger partial charge in [-0.2, -0.15) is 13.2 Å². The number of benzene rings is 2. The quantitative estimate of drug-likeness (QED) is 0.672. The molecule has 1 fully saturated rings. The Morgan fingerprint density at radius 2 is 1.79 bits per heavy atom. The Morgan fingerprint density at radius 1 is 1.10 bits per heavy atom. The molecule has 1 saturated heterocycles. The second kappa shape index (κ2) is 7.20. The molecule has 148 valence electrons. The van der Waals surface area contributed by atoms with Crippen LogP contribution in [0.15, 0.2) is 61.2 Å². The van der Waals surface area contributed by atoms with Crippen LogP contribution >= 0.6 is 0 Å². The largest absolute Gasteiger partial charge is 0.416 e. The Kier molecular flexibility index (Phi) is 4.70. The van der Waals surface area contributed by atoms with Gasteiger partial charge in [0, 0.05) is 24.0 Å². The molecular formula is C21H17F3N4O. The van der Waals surface area contributed by atoms with Crippen molar-refractivity contribution in [3.8, 4) is 11.4 Å². The summed E-state index contributed by atoms with van der Waals surface area (Å²) in [6.45, 7) is 4.53. The number of aromatic nitrogens is 2. The van der Waals surface area contributed by atoms with Crippen molar-refractivity contribution in [2.24, 2.45) is 0 Å². The molecule has 2 heterocycles. The maximum atomic E-state index is 12.8. The van der Waals surface area contributed by atoms with Gasteiger partial charge in [-0.25, -0.2) is 9.97 Å². The standard InChI is InChI=1S/C21H17F3N4O/c1-2-18(29)28-11-15(12-28)25-20-16-5-3-4-6-17(16)26-19(27-20)13-7-9-14(10-8-13)21(22,23)24/h2-10,15H,1,11-12H2,(H,25,26,27). The molecule has 0 bridgehead atoms. The average molecular weight is 398 g/mol. The molecule has 29 heavy (non-hydrogen) atoms. The molecule has 1 aromatic heterocycles.